The molecule has 0 bridgehead atoms. The lowest BCUT2D eigenvalue weighted by atomic mass is 10.0. The predicted octanol–water partition coefficient (Wildman–Crippen LogP) is 9.33. The molecule has 0 aromatic heterocycles. The van der Waals surface area contributed by atoms with Crippen molar-refractivity contribution in [1.29, 1.82) is 0 Å². The molecular weight excluding hydrogens is 727 g/mol. The molecule has 8 nitrogen and oxygen atoms in total. The zero-order valence-corrected chi connectivity index (χ0v) is 29.9. The van der Waals surface area contributed by atoms with Crippen molar-refractivity contribution in [2.75, 3.05) is 30.1 Å². The van der Waals surface area contributed by atoms with E-state index in [1.807, 2.05) is 6.92 Å². The number of aryl methyl sites for hydroxylation is 2. The Kier molecular flexibility index (Phi) is 13.1. The third-order valence-corrected chi connectivity index (χ3v) is 8.92. The van der Waals surface area contributed by atoms with Crippen LogP contribution in [0.3, 0.4) is 0 Å². The van der Waals surface area contributed by atoms with Crippen LogP contribution in [0.2, 0.25) is 0 Å². The fraction of sp³-hybridized carbons (Fsp3) is 0.297. The maximum absolute atomic E-state index is 15.4. The van der Waals surface area contributed by atoms with Gasteiger partial charge in [-0.2, -0.15) is 31.3 Å². The lowest BCUT2D eigenvalue weighted by Gasteiger charge is -2.21. The van der Waals surface area contributed by atoms with Crippen LogP contribution in [0.15, 0.2) is 83.5 Å². The van der Waals surface area contributed by atoms with Gasteiger partial charge in [0.1, 0.15) is 5.82 Å². The Balaban J connectivity index is 1.53. The molecule has 0 unspecified atom stereocenters. The van der Waals surface area contributed by atoms with Crippen molar-refractivity contribution in [3.8, 4) is 0 Å². The number of aliphatic imine (C=N–C) groups is 1. The lowest BCUT2D eigenvalue weighted by Crippen LogP contribution is -2.31. The highest BCUT2D eigenvalue weighted by atomic mass is 32.2. The average Bonchev–Trinajstić information content (AvgIpc) is 3.45. The molecular formula is C37H36F7N5O3S. The standard InChI is InChI=1S/C37H36F7N5O3S/c1-5-7-27(48(4)33(51)24-11-14-26(15-12-24)37(42,43)44)20-30(45-3)25-13-16-29(28(38)19-25)46-34(52)47-35-49(32(50)21-53-35)31-18-22(2)9-10-23(31)8-6-17-36(39,40)41/h7,9-16,18-20,45H,5-6,8,17,21H2,1-4H3,(H,46,52)/b27-7-,30-20-,47-35-. The van der Waals surface area contributed by atoms with Gasteiger partial charge in [-0.3, -0.25) is 14.5 Å². The van der Waals surface area contributed by atoms with E-state index >= 15 is 4.39 Å². The SMILES string of the molecule is CC/C=C(/C=C(\NC)c1ccc(NC(=O)/N=C2\SCC(=O)N2c2cc(C)ccc2CCCC(F)(F)F)c(F)c1)N(C)C(=O)c1ccc(C(F)(F)F)cc1. The minimum Gasteiger partial charge on any atom is -0.388 e. The summed E-state index contributed by atoms with van der Waals surface area (Å²) in [5.74, 6) is -1.90. The molecule has 1 saturated heterocycles. The van der Waals surface area contributed by atoms with Crippen LogP contribution in [0, 0.1) is 12.7 Å². The number of likely N-dealkylation sites (N-methyl/N-ethyl adjacent to an activating group) is 1. The number of alkyl halides is 6. The summed E-state index contributed by atoms with van der Waals surface area (Å²) in [6.07, 6.45) is -6.29. The summed E-state index contributed by atoms with van der Waals surface area (Å²) < 4.78 is 92.8. The van der Waals surface area contributed by atoms with Crippen molar-refractivity contribution in [1.82, 2.24) is 10.2 Å². The van der Waals surface area contributed by atoms with Gasteiger partial charge in [0.15, 0.2) is 5.17 Å². The number of carbonyl (C=O) groups is 3. The first kappa shape index (κ1) is 40.6. The van der Waals surface area contributed by atoms with Crippen LogP contribution in [0.4, 0.5) is 46.9 Å². The molecule has 16 heteroatoms. The number of rotatable bonds is 11. The molecule has 1 fully saturated rings. The van der Waals surface area contributed by atoms with Crippen molar-refractivity contribution in [3.05, 3.63) is 112 Å². The molecule has 3 aromatic carbocycles. The second kappa shape index (κ2) is 17.1. The van der Waals surface area contributed by atoms with E-state index < -0.39 is 48.0 Å². The molecule has 0 atom stereocenters. The summed E-state index contributed by atoms with van der Waals surface area (Å²) >= 11 is 0.960. The lowest BCUT2D eigenvalue weighted by molar-refractivity contribution is -0.137. The molecule has 0 spiro atoms. The first-order chi connectivity index (χ1) is 24.9. The van der Waals surface area contributed by atoms with Crippen LogP contribution in [-0.4, -0.2) is 53.9 Å². The van der Waals surface area contributed by atoms with E-state index in [0.717, 1.165) is 47.7 Å². The van der Waals surface area contributed by atoms with E-state index in [1.165, 1.54) is 29.0 Å². The summed E-state index contributed by atoms with van der Waals surface area (Å²) in [4.78, 5) is 45.5. The largest absolute Gasteiger partial charge is 0.416 e. The molecule has 0 radical (unpaired) electrons. The summed E-state index contributed by atoms with van der Waals surface area (Å²) in [5.41, 5.74) is 1.51. The summed E-state index contributed by atoms with van der Waals surface area (Å²) in [6.45, 7) is 3.57. The molecule has 0 aliphatic carbocycles. The molecule has 4 amide bonds. The van der Waals surface area contributed by atoms with Crippen LogP contribution >= 0.6 is 11.8 Å². The number of allylic oxidation sites excluding steroid dienone is 2. The van der Waals surface area contributed by atoms with Crippen LogP contribution < -0.4 is 15.5 Å². The van der Waals surface area contributed by atoms with Crippen LogP contribution in [0.5, 0.6) is 0 Å². The molecule has 2 N–H and O–H groups in total. The van der Waals surface area contributed by atoms with Gasteiger partial charge >= 0.3 is 18.4 Å². The molecule has 0 saturated carbocycles. The van der Waals surface area contributed by atoms with E-state index in [9.17, 15) is 40.7 Å². The fourth-order valence-electron chi connectivity index (χ4n) is 5.33. The van der Waals surface area contributed by atoms with E-state index in [1.54, 1.807) is 44.3 Å². The van der Waals surface area contributed by atoms with Crippen LogP contribution in [0.25, 0.3) is 5.70 Å². The Morgan fingerprint density at radius 3 is 2.28 bits per heavy atom. The molecule has 53 heavy (non-hydrogen) atoms. The zero-order chi connectivity index (χ0) is 39.1. The maximum atomic E-state index is 15.4. The van der Waals surface area contributed by atoms with Gasteiger partial charge in [0, 0.05) is 43.0 Å². The summed E-state index contributed by atoms with van der Waals surface area (Å²) in [7, 11) is 3.02. The number of halogens is 7. The molecule has 1 aliphatic rings. The van der Waals surface area contributed by atoms with E-state index in [-0.39, 0.29) is 35.0 Å². The van der Waals surface area contributed by atoms with Gasteiger partial charge in [-0.1, -0.05) is 43.0 Å². The molecule has 4 rings (SSSR count). The average molecular weight is 764 g/mol. The van der Waals surface area contributed by atoms with Crippen LogP contribution in [-0.2, 0) is 17.4 Å². The third-order valence-electron chi connectivity index (χ3n) is 8.00. The minimum absolute atomic E-state index is 0.0159. The number of carbonyl (C=O) groups excluding carboxylic acids is 3. The van der Waals surface area contributed by atoms with Gasteiger partial charge in [-0.25, -0.2) is 9.18 Å². The Labute approximate surface area is 305 Å². The normalized spacial score (nSPS) is 14.9. The monoisotopic (exact) mass is 763 g/mol. The number of thioether (sulfide) groups is 1. The Hall–Kier alpha value is -5.12. The highest BCUT2D eigenvalue weighted by Crippen LogP contribution is 2.33. The van der Waals surface area contributed by atoms with Crippen LogP contribution in [0.1, 0.15) is 58.8 Å². The van der Waals surface area contributed by atoms with Crippen molar-refractivity contribution >= 4 is 51.8 Å². The first-order valence-corrected chi connectivity index (χ1v) is 17.3. The highest BCUT2D eigenvalue weighted by molar-refractivity contribution is 8.15. The Morgan fingerprint density at radius 1 is 1.00 bits per heavy atom. The number of benzene rings is 3. The van der Waals surface area contributed by atoms with Crippen molar-refractivity contribution in [3.63, 3.8) is 0 Å². The van der Waals surface area contributed by atoms with E-state index in [2.05, 4.69) is 15.6 Å². The van der Waals surface area contributed by atoms with E-state index in [4.69, 9.17) is 0 Å². The first-order valence-electron chi connectivity index (χ1n) is 16.3. The number of amides is 4. The molecule has 3 aromatic rings. The number of urea groups is 1. The number of nitrogens with one attached hydrogen (secondary N) is 2. The second-order valence-electron chi connectivity index (χ2n) is 11.9. The molecule has 282 valence electrons. The quantitative estimate of drug-likeness (QED) is 0.150. The second-order valence-corrected chi connectivity index (χ2v) is 12.9. The van der Waals surface area contributed by atoms with Crippen molar-refractivity contribution < 1.29 is 45.1 Å². The molecule has 1 aliphatic heterocycles. The smallest absolute Gasteiger partial charge is 0.388 e. The van der Waals surface area contributed by atoms with Crippen molar-refractivity contribution in [2.24, 2.45) is 4.99 Å². The summed E-state index contributed by atoms with van der Waals surface area (Å²) in [5, 5.41) is 5.28. The number of hydrogen-bond acceptors (Lipinski definition) is 5. The zero-order valence-electron chi connectivity index (χ0n) is 29.1. The number of anilines is 2. The molecule has 1 heterocycles. The fourth-order valence-corrected chi connectivity index (χ4v) is 6.19. The highest BCUT2D eigenvalue weighted by Gasteiger charge is 2.33. The van der Waals surface area contributed by atoms with Gasteiger partial charge in [-0.15, -0.1) is 0 Å². The maximum Gasteiger partial charge on any atom is 0.416 e. The Morgan fingerprint density at radius 2 is 1.68 bits per heavy atom. The van der Waals surface area contributed by atoms with E-state index in [0.29, 0.717) is 34.6 Å². The number of amidine groups is 1. The van der Waals surface area contributed by atoms with Gasteiger partial charge in [0.05, 0.1) is 22.7 Å². The van der Waals surface area contributed by atoms with Gasteiger partial charge < -0.3 is 15.5 Å². The van der Waals surface area contributed by atoms with Gasteiger partial charge in [-0.05, 0) is 85.9 Å². The minimum atomic E-state index is -4.55. The number of hydrogen-bond donors (Lipinski definition) is 2. The van der Waals surface area contributed by atoms with Crippen molar-refractivity contribution in [2.45, 2.75) is 51.9 Å². The number of nitrogens with zero attached hydrogens (tertiary/aromatic N) is 3. The summed E-state index contributed by atoms with van der Waals surface area (Å²) in [6, 6.07) is 11.7. The third kappa shape index (κ3) is 10.7. The van der Waals surface area contributed by atoms with Gasteiger partial charge in [0.2, 0.25) is 5.91 Å². The predicted molar refractivity (Wildman–Crippen MR) is 192 cm³/mol. The van der Waals surface area contributed by atoms with Gasteiger partial charge in [0.25, 0.3) is 5.91 Å². The topological polar surface area (TPSA) is 94.1 Å². The Bertz CT molecular complexity index is 1940.